The summed E-state index contributed by atoms with van der Waals surface area (Å²) in [5, 5.41) is 0. The fourth-order valence-corrected chi connectivity index (χ4v) is 2.97. The minimum atomic E-state index is -0.613. The Bertz CT molecular complexity index is 622. The van der Waals surface area contributed by atoms with Crippen LogP contribution in [0.5, 0.6) is 0 Å². The first-order chi connectivity index (χ1) is 11.4. The minimum absolute atomic E-state index is 0.0761. The summed E-state index contributed by atoms with van der Waals surface area (Å²) in [5.74, 6) is -0.608. The Morgan fingerprint density at radius 2 is 2.17 bits per heavy atom. The van der Waals surface area contributed by atoms with E-state index in [1.54, 1.807) is 6.07 Å². The number of carbonyl (C=O) groups excluding carboxylic acids is 1. The Kier molecular flexibility index (Phi) is 4.71. The van der Waals surface area contributed by atoms with Crippen LogP contribution in [0.4, 0.5) is 5.95 Å². The number of hydrogen-bond donors (Lipinski definition) is 0. The lowest BCUT2D eigenvalue weighted by Gasteiger charge is -2.38. The average Bonchev–Trinajstić information content (AvgIpc) is 2.93. The molecule has 0 aliphatic carbocycles. The fraction of sp³-hybridized carbons (Fsp3) is 0.688. The van der Waals surface area contributed by atoms with Crippen LogP contribution in [0.2, 0.25) is 0 Å². The third-order valence-electron chi connectivity index (χ3n) is 4.12. The first-order valence-electron chi connectivity index (χ1n) is 8.00. The molecule has 8 nitrogen and oxygen atoms in total. The number of aryl methyl sites for hydroxylation is 1. The van der Waals surface area contributed by atoms with Crippen LogP contribution < -0.4 is 4.90 Å². The first kappa shape index (κ1) is 17.1. The lowest BCUT2D eigenvalue weighted by molar-refractivity contribution is -0.143. The van der Waals surface area contributed by atoms with Crippen molar-refractivity contribution in [3.63, 3.8) is 0 Å². The summed E-state index contributed by atoms with van der Waals surface area (Å²) in [7, 11) is 1.34. The maximum atomic E-state index is 11.8. The highest BCUT2D eigenvalue weighted by molar-refractivity contribution is 5.87. The van der Waals surface area contributed by atoms with E-state index in [-0.39, 0.29) is 17.8 Å². The van der Waals surface area contributed by atoms with Gasteiger partial charge in [-0.3, -0.25) is 0 Å². The number of hydrogen-bond acceptors (Lipinski definition) is 8. The second-order valence-electron chi connectivity index (χ2n) is 6.39. The summed E-state index contributed by atoms with van der Waals surface area (Å²) >= 11 is 0. The lowest BCUT2D eigenvalue weighted by Crippen LogP contribution is -2.53. The number of anilines is 1. The number of nitrogens with zero attached hydrogens (tertiary/aromatic N) is 3. The highest BCUT2D eigenvalue weighted by Crippen LogP contribution is 2.29. The molecule has 24 heavy (non-hydrogen) atoms. The molecule has 0 bridgehead atoms. The molecular formula is C16H23N3O5. The van der Waals surface area contributed by atoms with Gasteiger partial charge in [-0.2, -0.15) is 0 Å². The van der Waals surface area contributed by atoms with Crippen molar-refractivity contribution in [1.29, 1.82) is 0 Å². The molecule has 2 aliphatic heterocycles. The molecule has 0 spiro atoms. The third kappa shape index (κ3) is 3.50. The third-order valence-corrected chi connectivity index (χ3v) is 4.12. The van der Waals surface area contributed by atoms with E-state index in [4.69, 9.17) is 18.9 Å². The summed E-state index contributed by atoms with van der Waals surface area (Å²) in [6.07, 6.45) is -0.147. The zero-order valence-corrected chi connectivity index (χ0v) is 14.4. The average molecular weight is 337 g/mol. The molecule has 2 saturated heterocycles. The van der Waals surface area contributed by atoms with E-state index in [0.29, 0.717) is 38.0 Å². The zero-order chi connectivity index (χ0) is 17.3. The van der Waals surface area contributed by atoms with Crippen LogP contribution in [0.3, 0.4) is 0 Å². The van der Waals surface area contributed by atoms with Gasteiger partial charge in [-0.15, -0.1) is 0 Å². The van der Waals surface area contributed by atoms with Gasteiger partial charge < -0.3 is 23.8 Å². The summed E-state index contributed by atoms with van der Waals surface area (Å²) in [4.78, 5) is 22.7. The van der Waals surface area contributed by atoms with Crippen molar-refractivity contribution in [2.45, 2.75) is 38.7 Å². The number of carbonyl (C=O) groups is 1. The molecule has 2 atom stereocenters. The summed E-state index contributed by atoms with van der Waals surface area (Å²) in [6, 6.07) is 1.54. The predicted molar refractivity (Wildman–Crippen MR) is 85.0 cm³/mol. The fourth-order valence-electron chi connectivity index (χ4n) is 2.97. The maximum absolute atomic E-state index is 11.8. The van der Waals surface area contributed by atoms with Gasteiger partial charge >= 0.3 is 5.97 Å². The second-order valence-corrected chi connectivity index (χ2v) is 6.39. The summed E-state index contributed by atoms with van der Waals surface area (Å²) in [5.41, 5.74) is 0.948. The van der Waals surface area contributed by atoms with E-state index in [1.165, 1.54) is 7.11 Å². The van der Waals surface area contributed by atoms with E-state index < -0.39 is 11.8 Å². The zero-order valence-electron chi connectivity index (χ0n) is 14.4. The normalized spacial score (nSPS) is 26.4. The van der Waals surface area contributed by atoms with Crippen molar-refractivity contribution in [1.82, 2.24) is 9.97 Å². The molecule has 132 valence electrons. The van der Waals surface area contributed by atoms with Crippen LogP contribution in [-0.4, -0.2) is 67.3 Å². The van der Waals surface area contributed by atoms with Gasteiger partial charge in [0.05, 0.1) is 33.0 Å². The van der Waals surface area contributed by atoms with Crippen LogP contribution >= 0.6 is 0 Å². The van der Waals surface area contributed by atoms with Crippen LogP contribution in [-0.2, 0) is 18.9 Å². The highest BCUT2D eigenvalue weighted by Gasteiger charge is 2.42. The molecule has 0 aromatic carbocycles. The molecule has 1 aromatic heterocycles. The molecule has 0 amide bonds. The van der Waals surface area contributed by atoms with Crippen molar-refractivity contribution < 1.29 is 23.7 Å². The maximum Gasteiger partial charge on any atom is 0.356 e. The SMILES string of the molecule is COC(=O)c1cc(C)nc(N2CCOC[C@@H]2[C@@H]2COC(C)(C)O2)n1. The summed E-state index contributed by atoms with van der Waals surface area (Å²) < 4.78 is 22.0. The van der Waals surface area contributed by atoms with E-state index in [0.717, 1.165) is 0 Å². The van der Waals surface area contributed by atoms with Gasteiger partial charge in [0, 0.05) is 12.2 Å². The van der Waals surface area contributed by atoms with Crippen LogP contribution in [0.25, 0.3) is 0 Å². The number of ether oxygens (including phenoxy) is 4. The quantitative estimate of drug-likeness (QED) is 0.753. The first-order valence-corrected chi connectivity index (χ1v) is 8.00. The molecular weight excluding hydrogens is 314 g/mol. The number of morpholine rings is 1. The van der Waals surface area contributed by atoms with E-state index in [9.17, 15) is 4.79 Å². The van der Waals surface area contributed by atoms with E-state index in [2.05, 4.69) is 9.97 Å². The lowest BCUT2D eigenvalue weighted by atomic mass is 10.1. The van der Waals surface area contributed by atoms with Gasteiger partial charge in [0.25, 0.3) is 0 Å². The second kappa shape index (κ2) is 6.62. The van der Waals surface area contributed by atoms with Crippen molar-refractivity contribution in [3.8, 4) is 0 Å². The molecule has 2 fully saturated rings. The number of rotatable bonds is 3. The molecule has 3 heterocycles. The number of aromatic nitrogens is 2. The Balaban J connectivity index is 1.88. The van der Waals surface area contributed by atoms with Crippen LogP contribution in [0.1, 0.15) is 30.0 Å². The molecule has 0 saturated carbocycles. The standard InChI is InChI=1S/C16H23N3O5/c1-10-7-11(14(20)21-4)18-15(17-10)19-5-6-22-8-12(19)13-9-23-16(2,3)24-13/h7,12-13H,5-6,8-9H2,1-4H3/t12-,13+/m1/s1. The van der Waals surface area contributed by atoms with Gasteiger partial charge in [-0.25, -0.2) is 14.8 Å². The van der Waals surface area contributed by atoms with E-state index in [1.807, 2.05) is 25.7 Å². The molecule has 0 N–H and O–H groups in total. The van der Waals surface area contributed by atoms with Crippen molar-refractivity contribution in [2.24, 2.45) is 0 Å². The Hall–Kier alpha value is -1.77. The van der Waals surface area contributed by atoms with Crippen molar-refractivity contribution in [3.05, 3.63) is 17.5 Å². The predicted octanol–water partition coefficient (Wildman–Crippen LogP) is 0.928. The van der Waals surface area contributed by atoms with Crippen molar-refractivity contribution >= 4 is 11.9 Å². The van der Waals surface area contributed by atoms with Gasteiger partial charge in [0.15, 0.2) is 11.5 Å². The van der Waals surface area contributed by atoms with Gasteiger partial charge in [-0.05, 0) is 26.8 Å². The monoisotopic (exact) mass is 337 g/mol. The Morgan fingerprint density at radius 3 is 2.83 bits per heavy atom. The molecule has 3 rings (SSSR count). The summed E-state index contributed by atoms with van der Waals surface area (Å²) in [6.45, 7) is 7.76. The van der Waals surface area contributed by atoms with Gasteiger partial charge in [0.2, 0.25) is 5.95 Å². The molecule has 0 unspecified atom stereocenters. The highest BCUT2D eigenvalue weighted by atomic mass is 16.7. The minimum Gasteiger partial charge on any atom is -0.464 e. The smallest absolute Gasteiger partial charge is 0.356 e. The van der Waals surface area contributed by atoms with Gasteiger partial charge in [0.1, 0.15) is 6.10 Å². The van der Waals surface area contributed by atoms with Crippen LogP contribution in [0.15, 0.2) is 6.07 Å². The number of esters is 1. The molecule has 2 aliphatic rings. The molecule has 8 heteroatoms. The van der Waals surface area contributed by atoms with Crippen molar-refractivity contribution in [2.75, 3.05) is 38.4 Å². The van der Waals surface area contributed by atoms with E-state index >= 15 is 0 Å². The Labute approximate surface area is 141 Å². The molecule has 0 radical (unpaired) electrons. The van der Waals surface area contributed by atoms with Crippen LogP contribution in [0, 0.1) is 6.92 Å². The molecule has 1 aromatic rings. The topological polar surface area (TPSA) is 83.0 Å². The largest absolute Gasteiger partial charge is 0.464 e. The van der Waals surface area contributed by atoms with Gasteiger partial charge in [-0.1, -0.05) is 0 Å². The number of methoxy groups -OCH3 is 1. The Morgan fingerprint density at radius 1 is 1.38 bits per heavy atom.